The van der Waals surface area contributed by atoms with E-state index in [1.54, 1.807) is 24.3 Å². The highest BCUT2D eigenvalue weighted by molar-refractivity contribution is 5.96. The standard InChI is InChI=1S/C19H12F3NO6/c20-19(21,22)29-13-7-5-12(6-8-13)23-16(24)10-27-17(25)14-9-11-3-1-2-4-15(11)28-18(14)26/h1-9H,10H2,(H,23,24). The first kappa shape index (κ1) is 19.9. The lowest BCUT2D eigenvalue weighted by Crippen LogP contribution is -2.23. The quantitative estimate of drug-likeness (QED) is 0.514. The molecule has 0 fully saturated rings. The topological polar surface area (TPSA) is 94.8 Å². The van der Waals surface area contributed by atoms with Crippen molar-refractivity contribution in [1.29, 1.82) is 0 Å². The summed E-state index contributed by atoms with van der Waals surface area (Å²) >= 11 is 0. The number of halogens is 3. The first-order valence-electron chi connectivity index (χ1n) is 8.07. The van der Waals surface area contributed by atoms with Crippen molar-refractivity contribution in [2.45, 2.75) is 6.36 Å². The summed E-state index contributed by atoms with van der Waals surface area (Å²) in [6.45, 7) is -0.716. The van der Waals surface area contributed by atoms with Gasteiger partial charge in [0.2, 0.25) is 0 Å². The molecule has 0 bridgehead atoms. The second kappa shape index (κ2) is 8.05. The number of nitrogens with one attached hydrogen (secondary N) is 1. The highest BCUT2D eigenvalue weighted by Crippen LogP contribution is 2.23. The van der Waals surface area contributed by atoms with Crippen LogP contribution in [0.25, 0.3) is 11.0 Å². The lowest BCUT2D eigenvalue weighted by atomic mass is 10.2. The van der Waals surface area contributed by atoms with Gasteiger partial charge >= 0.3 is 18.0 Å². The Kier molecular flexibility index (Phi) is 5.53. The molecule has 0 atom stereocenters. The van der Waals surface area contributed by atoms with E-state index in [0.29, 0.717) is 11.0 Å². The predicted octanol–water partition coefficient (Wildman–Crippen LogP) is 3.49. The van der Waals surface area contributed by atoms with Crippen molar-refractivity contribution < 1.29 is 36.7 Å². The molecular formula is C19H12F3NO6. The van der Waals surface area contributed by atoms with Crippen LogP contribution in [-0.2, 0) is 9.53 Å². The summed E-state index contributed by atoms with van der Waals surface area (Å²) in [7, 11) is 0. The maximum absolute atomic E-state index is 12.1. The van der Waals surface area contributed by atoms with E-state index in [1.807, 2.05) is 0 Å². The Labute approximate surface area is 160 Å². The zero-order chi connectivity index (χ0) is 21.0. The van der Waals surface area contributed by atoms with Crippen LogP contribution in [0.5, 0.6) is 5.75 Å². The van der Waals surface area contributed by atoms with Gasteiger partial charge in [0, 0.05) is 11.1 Å². The Balaban J connectivity index is 1.58. The number of alkyl halides is 3. The molecule has 1 N–H and O–H groups in total. The Morgan fingerprint density at radius 2 is 1.72 bits per heavy atom. The molecule has 0 saturated carbocycles. The fourth-order valence-electron chi connectivity index (χ4n) is 2.35. The molecule has 0 spiro atoms. The van der Waals surface area contributed by atoms with Crippen molar-refractivity contribution >= 4 is 28.5 Å². The molecule has 0 radical (unpaired) electrons. The van der Waals surface area contributed by atoms with Gasteiger partial charge in [0.15, 0.2) is 6.61 Å². The summed E-state index contributed by atoms with van der Waals surface area (Å²) in [5.41, 5.74) is -0.824. The maximum Gasteiger partial charge on any atom is 0.573 e. The van der Waals surface area contributed by atoms with Gasteiger partial charge in [0.25, 0.3) is 5.91 Å². The Bertz CT molecular complexity index is 1110. The average molecular weight is 407 g/mol. The lowest BCUT2D eigenvalue weighted by Gasteiger charge is -2.10. The van der Waals surface area contributed by atoms with Gasteiger partial charge in [-0.2, -0.15) is 0 Å². The molecule has 7 nitrogen and oxygen atoms in total. The largest absolute Gasteiger partial charge is 0.573 e. The Morgan fingerprint density at radius 1 is 1.03 bits per heavy atom. The third kappa shape index (κ3) is 5.34. The van der Waals surface area contributed by atoms with Gasteiger partial charge in [-0.05, 0) is 36.4 Å². The summed E-state index contributed by atoms with van der Waals surface area (Å²) in [4.78, 5) is 35.8. The van der Waals surface area contributed by atoms with Gasteiger partial charge in [-0.25, -0.2) is 9.59 Å². The van der Waals surface area contributed by atoms with Gasteiger partial charge in [-0.3, -0.25) is 4.79 Å². The Morgan fingerprint density at radius 3 is 2.41 bits per heavy atom. The second-order valence-electron chi connectivity index (χ2n) is 5.68. The number of ether oxygens (including phenoxy) is 2. The van der Waals surface area contributed by atoms with E-state index >= 15 is 0 Å². The average Bonchev–Trinajstić information content (AvgIpc) is 2.66. The summed E-state index contributed by atoms with van der Waals surface area (Å²) in [5.74, 6) is -2.26. The van der Waals surface area contributed by atoms with E-state index in [0.717, 1.165) is 12.1 Å². The number of para-hydroxylation sites is 1. The smallest absolute Gasteiger partial charge is 0.452 e. The second-order valence-corrected chi connectivity index (χ2v) is 5.68. The number of rotatable bonds is 5. The minimum atomic E-state index is -4.82. The number of hydrogen-bond acceptors (Lipinski definition) is 6. The molecule has 0 aliphatic carbocycles. The van der Waals surface area contributed by atoms with E-state index in [1.165, 1.54) is 18.2 Å². The van der Waals surface area contributed by atoms with Gasteiger partial charge < -0.3 is 19.2 Å². The molecule has 1 heterocycles. The van der Waals surface area contributed by atoms with E-state index in [2.05, 4.69) is 10.1 Å². The molecule has 1 aromatic heterocycles. The fraction of sp³-hybridized carbons (Fsp3) is 0.105. The van der Waals surface area contributed by atoms with Crippen molar-refractivity contribution in [3.05, 3.63) is 70.6 Å². The van der Waals surface area contributed by atoms with Crippen LogP contribution in [0.1, 0.15) is 10.4 Å². The zero-order valence-electron chi connectivity index (χ0n) is 14.5. The van der Waals surface area contributed by atoms with Crippen molar-refractivity contribution in [2.24, 2.45) is 0 Å². The highest BCUT2D eigenvalue weighted by atomic mass is 19.4. The van der Waals surface area contributed by atoms with Crippen LogP contribution in [0.15, 0.2) is 63.8 Å². The van der Waals surface area contributed by atoms with E-state index < -0.39 is 36.2 Å². The molecule has 10 heteroatoms. The van der Waals surface area contributed by atoms with Crippen LogP contribution < -0.4 is 15.7 Å². The fourth-order valence-corrected chi connectivity index (χ4v) is 2.35. The van der Waals surface area contributed by atoms with Crippen molar-refractivity contribution in [3.8, 4) is 5.75 Å². The van der Waals surface area contributed by atoms with Gasteiger partial charge in [0.05, 0.1) is 0 Å². The first-order chi connectivity index (χ1) is 13.7. The normalized spacial score (nSPS) is 11.1. The number of amides is 1. The molecule has 29 heavy (non-hydrogen) atoms. The molecular weight excluding hydrogens is 395 g/mol. The van der Waals surface area contributed by atoms with Crippen molar-refractivity contribution in [3.63, 3.8) is 0 Å². The number of carbonyl (C=O) groups is 2. The number of benzene rings is 2. The molecule has 3 rings (SSSR count). The molecule has 0 saturated heterocycles. The highest BCUT2D eigenvalue weighted by Gasteiger charge is 2.31. The van der Waals surface area contributed by atoms with Crippen LogP contribution >= 0.6 is 0 Å². The van der Waals surface area contributed by atoms with E-state index in [9.17, 15) is 27.6 Å². The van der Waals surface area contributed by atoms with Gasteiger partial charge in [-0.15, -0.1) is 13.2 Å². The number of hydrogen-bond donors (Lipinski definition) is 1. The Hall–Kier alpha value is -3.82. The third-order valence-electron chi connectivity index (χ3n) is 3.57. The first-order valence-corrected chi connectivity index (χ1v) is 8.07. The number of anilines is 1. The minimum absolute atomic E-state index is 0.158. The van der Waals surface area contributed by atoms with E-state index in [-0.39, 0.29) is 11.3 Å². The van der Waals surface area contributed by atoms with Crippen LogP contribution in [-0.4, -0.2) is 24.8 Å². The van der Waals surface area contributed by atoms with Crippen molar-refractivity contribution in [2.75, 3.05) is 11.9 Å². The van der Waals surface area contributed by atoms with Crippen LogP contribution in [0.3, 0.4) is 0 Å². The molecule has 2 aromatic carbocycles. The molecule has 0 unspecified atom stereocenters. The van der Waals surface area contributed by atoms with Gasteiger partial charge in [-0.1, -0.05) is 18.2 Å². The monoisotopic (exact) mass is 407 g/mol. The van der Waals surface area contributed by atoms with Crippen LogP contribution in [0, 0.1) is 0 Å². The summed E-state index contributed by atoms with van der Waals surface area (Å²) in [6, 6.07) is 12.2. The molecule has 150 valence electrons. The number of carbonyl (C=O) groups excluding carboxylic acids is 2. The van der Waals surface area contributed by atoms with Crippen LogP contribution in [0.4, 0.5) is 18.9 Å². The SMILES string of the molecule is O=C(COC(=O)c1cc2ccccc2oc1=O)Nc1ccc(OC(F)(F)F)cc1. The summed E-state index contributed by atoms with van der Waals surface area (Å²) in [6.07, 6.45) is -4.82. The van der Waals surface area contributed by atoms with E-state index in [4.69, 9.17) is 9.15 Å². The number of fused-ring (bicyclic) bond motifs is 1. The number of esters is 1. The van der Waals surface area contributed by atoms with Crippen LogP contribution in [0.2, 0.25) is 0 Å². The predicted molar refractivity (Wildman–Crippen MR) is 94.5 cm³/mol. The lowest BCUT2D eigenvalue weighted by molar-refractivity contribution is -0.274. The molecule has 0 aliphatic rings. The summed E-state index contributed by atoms with van der Waals surface area (Å²) in [5, 5.41) is 2.83. The maximum atomic E-state index is 12.1. The molecule has 3 aromatic rings. The molecule has 0 aliphatic heterocycles. The summed E-state index contributed by atoms with van der Waals surface area (Å²) < 4.78 is 49.9. The minimum Gasteiger partial charge on any atom is -0.452 e. The molecule has 1 amide bonds. The van der Waals surface area contributed by atoms with Gasteiger partial charge in [0.1, 0.15) is 16.9 Å². The third-order valence-corrected chi connectivity index (χ3v) is 3.57. The zero-order valence-corrected chi connectivity index (χ0v) is 14.5. The van der Waals surface area contributed by atoms with Crippen molar-refractivity contribution in [1.82, 2.24) is 0 Å².